The van der Waals surface area contributed by atoms with E-state index >= 15 is 0 Å². The molecular weight excluding hydrogens is 428 g/mol. The molecule has 0 aliphatic carbocycles. The highest BCUT2D eigenvalue weighted by molar-refractivity contribution is 6.24. The van der Waals surface area contributed by atoms with Crippen LogP contribution < -0.4 is 9.64 Å². The molecule has 2 aliphatic rings. The van der Waals surface area contributed by atoms with E-state index < -0.39 is 23.9 Å². The molecule has 0 aromatic heterocycles. The summed E-state index contributed by atoms with van der Waals surface area (Å²) < 4.78 is 5.78. The standard InChI is InChI=1S/C28H26N2O4/c1-3-4-17-34-21-15-11-19(12-16-21)24-25(28(33)29(24)20-13-9-18(2)10-14-20)30-26(31)22-7-5-6-8-23(22)27(30)32/h5-16,24-25H,3-4,17H2,1-2H3/t24-,25+/m0/s1. The second-order valence-electron chi connectivity index (χ2n) is 8.73. The molecule has 2 heterocycles. The van der Waals surface area contributed by atoms with E-state index in [4.69, 9.17) is 4.74 Å². The number of hydrogen-bond donors (Lipinski definition) is 0. The summed E-state index contributed by atoms with van der Waals surface area (Å²) in [6.07, 6.45) is 2.03. The predicted molar refractivity (Wildman–Crippen MR) is 129 cm³/mol. The van der Waals surface area contributed by atoms with Crippen LogP contribution in [0.2, 0.25) is 0 Å². The lowest BCUT2D eigenvalue weighted by Crippen LogP contribution is -2.67. The van der Waals surface area contributed by atoms with Crippen LogP contribution in [0.15, 0.2) is 72.8 Å². The second kappa shape index (κ2) is 8.78. The number of unbranched alkanes of at least 4 members (excludes halogenated alkanes) is 1. The number of β-lactam (4-membered cyclic amide) rings is 1. The zero-order chi connectivity index (χ0) is 23.8. The number of amides is 3. The zero-order valence-corrected chi connectivity index (χ0v) is 19.2. The van der Waals surface area contributed by atoms with E-state index in [-0.39, 0.29) is 5.91 Å². The molecule has 6 heteroatoms. The average Bonchev–Trinajstić information content (AvgIpc) is 3.10. The monoisotopic (exact) mass is 454 g/mol. The van der Waals surface area contributed by atoms with E-state index in [9.17, 15) is 14.4 Å². The smallest absolute Gasteiger partial charge is 0.262 e. The summed E-state index contributed by atoms with van der Waals surface area (Å²) in [6, 6.07) is 20.6. The van der Waals surface area contributed by atoms with Gasteiger partial charge < -0.3 is 9.64 Å². The summed E-state index contributed by atoms with van der Waals surface area (Å²) >= 11 is 0. The van der Waals surface area contributed by atoms with E-state index in [1.165, 1.54) is 0 Å². The van der Waals surface area contributed by atoms with E-state index in [0.29, 0.717) is 17.7 Å². The first-order valence-corrected chi connectivity index (χ1v) is 11.6. The van der Waals surface area contributed by atoms with Crippen molar-refractivity contribution >= 4 is 23.4 Å². The van der Waals surface area contributed by atoms with Gasteiger partial charge in [-0.05, 0) is 55.3 Å². The fraction of sp³-hybridized carbons (Fsp3) is 0.250. The molecule has 1 saturated heterocycles. The Kier molecular flexibility index (Phi) is 5.65. The lowest BCUT2D eigenvalue weighted by atomic mass is 9.86. The number of fused-ring (bicyclic) bond motifs is 1. The van der Waals surface area contributed by atoms with E-state index in [2.05, 4.69) is 6.92 Å². The van der Waals surface area contributed by atoms with Gasteiger partial charge in [0.05, 0.1) is 23.8 Å². The number of ether oxygens (including phenoxy) is 1. The fourth-order valence-electron chi connectivity index (χ4n) is 4.61. The molecule has 0 unspecified atom stereocenters. The van der Waals surface area contributed by atoms with Gasteiger partial charge in [0.1, 0.15) is 11.8 Å². The first kappa shape index (κ1) is 21.9. The van der Waals surface area contributed by atoms with Gasteiger partial charge in [-0.2, -0.15) is 0 Å². The number of benzene rings is 3. The van der Waals surface area contributed by atoms with Crippen LogP contribution in [0.3, 0.4) is 0 Å². The maximum Gasteiger partial charge on any atom is 0.262 e. The topological polar surface area (TPSA) is 66.9 Å². The lowest BCUT2D eigenvalue weighted by molar-refractivity contribution is -0.130. The summed E-state index contributed by atoms with van der Waals surface area (Å²) in [5.41, 5.74) is 3.33. The van der Waals surface area contributed by atoms with Crippen LogP contribution in [0.5, 0.6) is 5.75 Å². The first-order chi connectivity index (χ1) is 16.5. The SMILES string of the molecule is CCCCOc1ccc([C@H]2[C@@H](N3C(=O)c4ccccc4C3=O)C(=O)N2c2ccc(C)cc2)cc1. The Balaban J connectivity index is 1.50. The van der Waals surface area contributed by atoms with Gasteiger partial charge in [-0.3, -0.25) is 19.3 Å². The van der Waals surface area contributed by atoms with Crippen molar-refractivity contribution in [1.82, 2.24) is 4.90 Å². The highest BCUT2D eigenvalue weighted by Gasteiger charge is 2.57. The third-order valence-corrected chi connectivity index (χ3v) is 6.47. The summed E-state index contributed by atoms with van der Waals surface area (Å²) in [5, 5.41) is 0. The Labute approximate surface area is 198 Å². The Hall–Kier alpha value is -3.93. The third-order valence-electron chi connectivity index (χ3n) is 6.47. The number of carbonyl (C=O) groups is 3. The molecule has 3 aromatic rings. The van der Waals surface area contributed by atoms with Crippen molar-refractivity contribution in [3.63, 3.8) is 0 Å². The van der Waals surface area contributed by atoms with Crippen molar-refractivity contribution in [2.45, 2.75) is 38.8 Å². The largest absolute Gasteiger partial charge is 0.494 e. The van der Waals surface area contributed by atoms with Crippen LogP contribution in [0.25, 0.3) is 0 Å². The number of rotatable bonds is 7. The molecule has 6 nitrogen and oxygen atoms in total. The highest BCUT2D eigenvalue weighted by atomic mass is 16.5. The van der Waals surface area contributed by atoms with Crippen molar-refractivity contribution in [1.29, 1.82) is 0 Å². The normalized spacial score (nSPS) is 19.3. The molecular formula is C28H26N2O4. The number of carbonyl (C=O) groups excluding carboxylic acids is 3. The predicted octanol–water partition coefficient (Wildman–Crippen LogP) is 4.93. The van der Waals surface area contributed by atoms with E-state index in [1.807, 2.05) is 55.5 Å². The van der Waals surface area contributed by atoms with Crippen LogP contribution in [0.1, 0.15) is 57.7 Å². The van der Waals surface area contributed by atoms with Gasteiger partial charge in [-0.15, -0.1) is 0 Å². The molecule has 0 N–H and O–H groups in total. The van der Waals surface area contributed by atoms with Crippen LogP contribution in [0.4, 0.5) is 5.69 Å². The molecule has 34 heavy (non-hydrogen) atoms. The molecule has 2 aliphatic heterocycles. The Morgan fingerprint density at radius 2 is 1.38 bits per heavy atom. The van der Waals surface area contributed by atoms with Gasteiger partial charge in [0.15, 0.2) is 0 Å². The van der Waals surface area contributed by atoms with Crippen molar-refractivity contribution in [3.05, 3.63) is 95.1 Å². The minimum Gasteiger partial charge on any atom is -0.494 e. The maximum atomic E-state index is 13.5. The van der Waals surface area contributed by atoms with Gasteiger partial charge in [0.25, 0.3) is 17.7 Å². The van der Waals surface area contributed by atoms with Crippen molar-refractivity contribution in [3.8, 4) is 5.75 Å². The van der Waals surface area contributed by atoms with Crippen LogP contribution in [-0.2, 0) is 4.79 Å². The number of imide groups is 1. The van der Waals surface area contributed by atoms with Crippen LogP contribution in [0, 0.1) is 6.92 Å². The van der Waals surface area contributed by atoms with Crippen molar-refractivity contribution < 1.29 is 19.1 Å². The second-order valence-corrected chi connectivity index (χ2v) is 8.73. The number of hydrogen-bond acceptors (Lipinski definition) is 4. The third kappa shape index (κ3) is 3.55. The van der Waals surface area contributed by atoms with Gasteiger partial charge in [-0.1, -0.05) is 55.3 Å². The summed E-state index contributed by atoms with van der Waals surface area (Å²) in [7, 11) is 0. The van der Waals surface area contributed by atoms with E-state index in [1.54, 1.807) is 29.2 Å². The van der Waals surface area contributed by atoms with Gasteiger partial charge in [0.2, 0.25) is 0 Å². The fourth-order valence-corrected chi connectivity index (χ4v) is 4.61. The molecule has 1 fully saturated rings. The van der Waals surface area contributed by atoms with E-state index in [0.717, 1.165) is 40.3 Å². The quantitative estimate of drug-likeness (QED) is 0.289. The summed E-state index contributed by atoms with van der Waals surface area (Å²) in [6.45, 7) is 4.74. The van der Waals surface area contributed by atoms with Gasteiger partial charge >= 0.3 is 0 Å². The maximum absolute atomic E-state index is 13.5. The minimum absolute atomic E-state index is 0.272. The van der Waals surface area contributed by atoms with Crippen LogP contribution >= 0.6 is 0 Å². The lowest BCUT2D eigenvalue weighted by Gasteiger charge is -2.49. The molecule has 2 atom stereocenters. The average molecular weight is 455 g/mol. The van der Waals surface area contributed by atoms with Gasteiger partial charge in [0, 0.05) is 5.69 Å². The molecule has 3 aromatic carbocycles. The molecule has 0 radical (unpaired) electrons. The number of nitrogens with zero attached hydrogens (tertiary/aromatic N) is 2. The molecule has 0 saturated carbocycles. The Morgan fingerprint density at radius 1 is 0.765 bits per heavy atom. The molecule has 0 spiro atoms. The summed E-state index contributed by atoms with van der Waals surface area (Å²) in [5.74, 6) is -0.368. The Morgan fingerprint density at radius 3 is 1.97 bits per heavy atom. The molecule has 172 valence electrons. The molecule has 5 rings (SSSR count). The Bertz CT molecular complexity index is 1220. The first-order valence-electron chi connectivity index (χ1n) is 11.6. The summed E-state index contributed by atoms with van der Waals surface area (Å²) in [4.78, 5) is 42.6. The van der Waals surface area contributed by atoms with Crippen LogP contribution in [-0.4, -0.2) is 35.3 Å². The number of anilines is 1. The zero-order valence-electron chi connectivity index (χ0n) is 19.2. The highest BCUT2D eigenvalue weighted by Crippen LogP contribution is 2.44. The molecule has 0 bridgehead atoms. The van der Waals surface area contributed by atoms with Crippen molar-refractivity contribution in [2.24, 2.45) is 0 Å². The molecule has 3 amide bonds. The van der Waals surface area contributed by atoms with Gasteiger partial charge in [-0.25, -0.2) is 0 Å². The van der Waals surface area contributed by atoms with Crippen molar-refractivity contribution in [2.75, 3.05) is 11.5 Å². The minimum atomic E-state index is -0.902. The number of aryl methyl sites for hydroxylation is 1.